The van der Waals surface area contributed by atoms with Gasteiger partial charge in [0.15, 0.2) is 0 Å². The molecule has 0 fully saturated rings. The molecule has 3 aromatic carbocycles. The number of nitrogens with one attached hydrogen (secondary N) is 1. The molecule has 0 aliphatic carbocycles. The topological polar surface area (TPSA) is 72.5 Å². The van der Waals surface area contributed by atoms with Crippen molar-refractivity contribution < 1.29 is 4.39 Å². The molecule has 3 aromatic heterocycles. The average Bonchev–Trinajstić information content (AvgIpc) is 3.49. The summed E-state index contributed by atoms with van der Waals surface area (Å²) < 4.78 is 17.2. The minimum Gasteiger partial charge on any atom is -0.361 e. The minimum atomic E-state index is -0.292. The van der Waals surface area contributed by atoms with Gasteiger partial charge in [0.05, 0.1) is 17.2 Å². The first-order valence-electron chi connectivity index (χ1n) is 11.0. The summed E-state index contributed by atoms with van der Waals surface area (Å²) in [4.78, 5) is 12.2. The van der Waals surface area contributed by atoms with Crippen molar-refractivity contribution in [3.8, 4) is 16.8 Å². The summed E-state index contributed by atoms with van der Waals surface area (Å²) >= 11 is 0. The van der Waals surface area contributed by atoms with Crippen LogP contribution < -0.4 is 5.73 Å². The van der Waals surface area contributed by atoms with E-state index in [1.54, 1.807) is 12.5 Å². The SMILES string of the molecule is NCCCc1ccc(-n2cnc3cnc4cc(F)c(-c5ccc6[nH]ccc6c5)cc4c32)cc1. The zero-order valence-corrected chi connectivity index (χ0v) is 17.9. The molecule has 0 saturated heterocycles. The van der Waals surface area contributed by atoms with Crippen LogP contribution in [0.15, 0.2) is 79.4 Å². The number of aryl methyl sites for hydroxylation is 1. The van der Waals surface area contributed by atoms with Gasteiger partial charge in [0.25, 0.3) is 0 Å². The van der Waals surface area contributed by atoms with Crippen LogP contribution >= 0.6 is 0 Å². The average molecular weight is 436 g/mol. The van der Waals surface area contributed by atoms with Gasteiger partial charge in [-0.25, -0.2) is 9.37 Å². The lowest BCUT2D eigenvalue weighted by molar-refractivity contribution is 0.633. The summed E-state index contributed by atoms with van der Waals surface area (Å²) in [6, 6.07) is 19.7. The Balaban J connectivity index is 1.52. The van der Waals surface area contributed by atoms with Crippen molar-refractivity contribution in [2.75, 3.05) is 6.54 Å². The molecule has 0 spiro atoms. The quantitative estimate of drug-likeness (QED) is 0.362. The highest BCUT2D eigenvalue weighted by molar-refractivity contribution is 6.04. The monoisotopic (exact) mass is 435 g/mol. The van der Waals surface area contributed by atoms with Gasteiger partial charge < -0.3 is 10.7 Å². The van der Waals surface area contributed by atoms with Gasteiger partial charge in [-0.3, -0.25) is 9.55 Å². The van der Waals surface area contributed by atoms with Gasteiger partial charge in [-0.05, 0) is 72.3 Å². The van der Waals surface area contributed by atoms with Crippen LogP contribution in [0.1, 0.15) is 12.0 Å². The smallest absolute Gasteiger partial charge is 0.133 e. The molecule has 0 unspecified atom stereocenters. The molecule has 0 aliphatic heterocycles. The van der Waals surface area contributed by atoms with E-state index in [1.165, 1.54) is 11.6 Å². The van der Waals surface area contributed by atoms with Crippen LogP contribution in [-0.2, 0) is 6.42 Å². The zero-order chi connectivity index (χ0) is 22.4. The van der Waals surface area contributed by atoms with Crippen LogP contribution in [0, 0.1) is 5.82 Å². The number of nitrogens with two attached hydrogens (primary N) is 1. The largest absolute Gasteiger partial charge is 0.361 e. The van der Waals surface area contributed by atoms with E-state index in [9.17, 15) is 0 Å². The van der Waals surface area contributed by atoms with E-state index in [0.29, 0.717) is 17.6 Å². The van der Waals surface area contributed by atoms with E-state index in [2.05, 4.69) is 39.2 Å². The Kier molecular flexibility index (Phi) is 4.66. The number of hydrogen-bond donors (Lipinski definition) is 2. The number of hydrogen-bond acceptors (Lipinski definition) is 3. The van der Waals surface area contributed by atoms with Crippen LogP contribution in [0.3, 0.4) is 0 Å². The predicted molar refractivity (Wildman–Crippen MR) is 131 cm³/mol. The Morgan fingerprint density at radius 3 is 2.67 bits per heavy atom. The standard InChI is InChI=1S/C27H22FN5/c28-23-14-25-22(13-21(23)18-5-8-24-19(12-18)9-11-30-24)27-26(15-31-25)32-16-33(27)20-6-3-17(4-7-20)2-1-10-29/h3-9,11-16,30H,1-2,10,29H2. The third kappa shape index (κ3) is 3.36. The second-order valence-electron chi connectivity index (χ2n) is 8.29. The number of pyridine rings is 1. The van der Waals surface area contributed by atoms with E-state index in [0.717, 1.165) is 51.4 Å². The third-order valence-corrected chi connectivity index (χ3v) is 6.21. The normalized spacial score (nSPS) is 11.7. The summed E-state index contributed by atoms with van der Waals surface area (Å²) in [6.07, 6.45) is 7.32. The predicted octanol–water partition coefficient (Wildman–Crippen LogP) is 5.75. The number of halogens is 1. The van der Waals surface area contributed by atoms with Crippen molar-refractivity contribution in [3.63, 3.8) is 0 Å². The van der Waals surface area contributed by atoms with E-state index in [4.69, 9.17) is 5.73 Å². The van der Waals surface area contributed by atoms with Gasteiger partial charge in [0.2, 0.25) is 0 Å². The number of aromatic amines is 1. The maximum atomic E-state index is 15.1. The molecule has 0 saturated carbocycles. The van der Waals surface area contributed by atoms with Crippen molar-refractivity contribution in [1.29, 1.82) is 0 Å². The molecule has 5 nitrogen and oxygen atoms in total. The molecule has 6 heteroatoms. The molecule has 3 N–H and O–H groups in total. The second-order valence-corrected chi connectivity index (χ2v) is 8.29. The van der Waals surface area contributed by atoms with E-state index < -0.39 is 0 Å². The van der Waals surface area contributed by atoms with Gasteiger partial charge in [-0.15, -0.1) is 0 Å². The van der Waals surface area contributed by atoms with Crippen LogP contribution in [0.2, 0.25) is 0 Å². The van der Waals surface area contributed by atoms with Crippen LogP contribution in [0.25, 0.3) is 49.7 Å². The Morgan fingerprint density at radius 1 is 0.939 bits per heavy atom. The summed E-state index contributed by atoms with van der Waals surface area (Å²) in [5.74, 6) is -0.292. The Labute approximate surface area is 189 Å². The lowest BCUT2D eigenvalue weighted by atomic mass is 10.0. The molecule has 33 heavy (non-hydrogen) atoms. The van der Waals surface area contributed by atoms with Crippen molar-refractivity contribution in [2.24, 2.45) is 5.73 Å². The van der Waals surface area contributed by atoms with Crippen molar-refractivity contribution >= 4 is 32.8 Å². The highest BCUT2D eigenvalue weighted by Crippen LogP contribution is 2.33. The van der Waals surface area contributed by atoms with Gasteiger partial charge in [0.1, 0.15) is 17.7 Å². The van der Waals surface area contributed by atoms with Crippen molar-refractivity contribution in [1.82, 2.24) is 19.5 Å². The molecular weight excluding hydrogens is 413 g/mol. The molecule has 0 amide bonds. The minimum absolute atomic E-state index is 0.292. The summed E-state index contributed by atoms with van der Waals surface area (Å²) in [6.45, 7) is 0.683. The fourth-order valence-electron chi connectivity index (χ4n) is 4.48. The van der Waals surface area contributed by atoms with Gasteiger partial charge in [-0.1, -0.05) is 18.2 Å². The molecular formula is C27H22FN5. The van der Waals surface area contributed by atoms with Crippen LogP contribution in [0.5, 0.6) is 0 Å². The Bertz CT molecular complexity index is 1610. The lowest BCUT2D eigenvalue weighted by Gasteiger charge is -2.10. The van der Waals surface area contributed by atoms with Gasteiger partial charge in [-0.2, -0.15) is 0 Å². The maximum absolute atomic E-state index is 15.1. The fourth-order valence-corrected chi connectivity index (χ4v) is 4.48. The highest BCUT2D eigenvalue weighted by Gasteiger charge is 2.15. The van der Waals surface area contributed by atoms with Gasteiger partial charge in [0, 0.05) is 34.4 Å². The highest BCUT2D eigenvalue weighted by atomic mass is 19.1. The lowest BCUT2D eigenvalue weighted by Crippen LogP contribution is -2.00. The summed E-state index contributed by atoms with van der Waals surface area (Å²) in [7, 11) is 0. The maximum Gasteiger partial charge on any atom is 0.133 e. The number of imidazole rings is 1. The summed E-state index contributed by atoms with van der Waals surface area (Å²) in [5.41, 5.74) is 12.6. The number of aromatic nitrogens is 4. The molecule has 6 aromatic rings. The number of nitrogens with zero attached hydrogens (tertiary/aromatic N) is 3. The molecule has 0 bridgehead atoms. The first kappa shape index (κ1) is 19.6. The van der Waals surface area contributed by atoms with Crippen molar-refractivity contribution in [3.05, 3.63) is 90.8 Å². The number of fused-ring (bicyclic) bond motifs is 4. The Morgan fingerprint density at radius 2 is 1.82 bits per heavy atom. The Hall–Kier alpha value is -4.03. The number of benzene rings is 3. The van der Waals surface area contributed by atoms with Crippen LogP contribution in [0.4, 0.5) is 4.39 Å². The first-order valence-corrected chi connectivity index (χ1v) is 11.0. The molecule has 3 heterocycles. The molecule has 0 atom stereocenters. The molecule has 0 aliphatic rings. The van der Waals surface area contributed by atoms with Gasteiger partial charge >= 0.3 is 0 Å². The second kappa shape index (κ2) is 7.83. The fraction of sp³-hybridized carbons (Fsp3) is 0.111. The molecule has 0 radical (unpaired) electrons. The number of rotatable bonds is 5. The third-order valence-electron chi connectivity index (χ3n) is 6.21. The van der Waals surface area contributed by atoms with E-state index in [1.807, 2.05) is 41.1 Å². The van der Waals surface area contributed by atoms with Crippen molar-refractivity contribution in [2.45, 2.75) is 12.8 Å². The molecule has 6 rings (SSSR count). The van der Waals surface area contributed by atoms with Crippen LogP contribution in [-0.4, -0.2) is 26.1 Å². The first-order chi connectivity index (χ1) is 16.2. The molecule has 162 valence electrons. The number of H-pyrrole nitrogens is 1. The summed E-state index contributed by atoms with van der Waals surface area (Å²) in [5, 5.41) is 1.91. The zero-order valence-electron chi connectivity index (χ0n) is 17.9. The van der Waals surface area contributed by atoms with E-state index in [-0.39, 0.29) is 5.82 Å². The van der Waals surface area contributed by atoms with E-state index >= 15 is 4.39 Å².